The predicted octanol–water partition coefficient (Wildman–Crippen LogP) is 2.67. The Balaban J connectivity index is 2.07. The zero-order valence-corrected chi connectivity index (χ0v) is 16.1. The minimum absolute atomic E-state index is 0.0262. The highest BCUT2D eigenvalue weighted by Crippen LogP contribution is 2.30. The van der Waals surface area contributed by atoms with Gasteiger partial charge in [0.2, 0.25) is 0 Å². The molecule has 7 nitrogen and oxygen atoms in total. The highest BCUT2D eigenvalue weighted by Gasteiger charge is 2.30. The lowest BCUT2D eigenvalue weighted by atomic mass is 10.1. The fourth-order valence-corrected chi connectivity index (χ4v) is 2.66. The van der Waals surface area contributed by atoms with Gasteiger partial charge in [-0.15, -0.1) is 0 Å². The van der Waals surface area contributed by atoms with E-state index in [4.69, 9.17) is 0 Å². The number of nitrogens with zero attached hydrogens (tertiary/aromatic N) is 3. The number of hydrogen-bond donors (Lipinski definition) is 2. The van der Waals surface area contributed by atoms with Crippen molar-refractivity contribution in [1.29, 1.82) is 0 Å². The highest BCUT2D eigenvalue weighted by atomic mass is 19.4. The largest absolute Gasteiger partial charge is 0.416 e. The van der Waals surface area contributed by atoms with Gasteiger partial charge >= 0.3 is 6.18 Å². The number of alkyl halides is 5. The minimum Gasteiger partial charge on any atom is -0.385 e. The van der Waals surface area contributed by atoms with Crippen LogP contribution in [0.25, 0.3) is 16.9 Å². The lowest BCUT2D eigenvalue weighted by Gasteiger charge is -2.13. The van der Waals surface area contributed by atoms with Crippen molar-refractivity contribution in [3.8, 4) is 16.9 Å². The highest BCUT2D eigenvalue weighted by molar-refractivity contribution is 5.94. The van der Waals surface area contributed by atoms with E-state index in [2.05, 4.69) is 10.1 Å². The number of aromatic nitrogens is 3. The Morgan fingerprint density at radius 2 is 1.84 bits per heavy atom. The van der Waals surface area contributed by atoms with Crippen molar-refractivity contribution in [3.63, 3.8) is 0 Å². The third-order valence-electron chi connectivity index (χ3n) is 4.32. The zero-order valence-electron chi connectivity index (χ0n) is 16.1. The van der Waals surface area contributed by atoms with E-state index in [1.54, 1.807) is 0 Å². The number of carbonyl (C=O) groups is 1. The van der Waals surface area contributed by atoms with Crippen molar-refractivity contribution < 1.29 is 31.9 Å². The van der Waals surface area contributed by atoms with Crippen LogP contribution in [0.4, 0.5) is 22.0 Å². The van der Waals surface area contributed by atoms with Gasteiger partial charge in [-0.2, -0.15) is 23.0 Å². The normalized spacial score (nSPS) is 12.6. The van der Waals surface area contributed by atoms with Crippen LogP contribution in [0.3, 0.4) is 0 Å². The number of aliphatic hydroxyl groups is 1. The van der Waals surface area contributed by atoms with E-state index in [1.807, 2.05) is 5.32 Å². The fraction of sp³-hybridized carbons (Fsp3) is 0.200. The van der Waals surface area contributed by atoms with Gasteiger partial charge in [0.05, 0.1) is 23.1 Å². The van der Waals surface area contributed by atoms with Crippen molar-refractivity contribution in [2.45, 2.75) is 18.7 Å². The minimum atomic E-state index is -4.56. The molecule has 0 aliphatic carbocycles. The maximum atomic E-state index is 12.8. The molecule has 168 valence electrons. The molecule has 2 heterocycles. The summed E-state index contributed by atoms with van der Waals surface area (Å²) in [6.45, 7) is -0.819. The molecule has 12 heteroatoms. The van der Waals surface area contributed by atoms with Crippen LogP contribution >= 0.6 is 0 Å². The Bertz CT molecular complexity index is 1150. The van der Waals surface area contributed by atoms with Crippen LogP contribution in [-0.2, 0) is 6.18 Å². The van der Waals surface area contributed by atoms with Crippen molar-refractivity contribution in [2.75, 3.05) is 6.54 Å². The van der Waals surface area contributed by atoms with Gasteiger partial charge in [-0.25, -0.2) is 8.78 Å². The number of pyridine rings is 1. The Labute approximate surface area is 177 Å². The second kappa shape index (κ2) is 9.22. The molecule has 1 atom stereocenters. The van der Waals surface area contributed by atoms with E-state index in [9.17, 15) is 36.6 Å². The Hall–Kier alpha value is -3.67. The molecular weight excluding hydrogens is 439 g/mol. The fourth-order valence-electron chi connectivity index (χ4n) is 2.66. The first kappa shape index (κ1) is 23.0. The van der Waals surface area contributed by atoms with E-state index < -0.39 is 47.8 Å². The maximum Gasteiger partial charge on any atom is 0.416 e. The van der Waals surface area contributed by atoms with Crippen LogP contribution in [0.5, 0.6) is 0 Å². The van der Waals surface area contributed by atoms with Gasteiger partial charge in [-0.3, -0.25) is 14.6 Å². The van der Waals surface area contributed by atoms with Crippen LogP contribution in [0, 0.1) is 0 Å². The molecule has 32 heavy (non-hydrogen) atoms. The molecule has 0 bridgehead atoms. The summed E-state index contributed by atoms with van der Waals surface area (Å²) in [5.74, 6) is -1.07. The van der Waals surface area contributed by atoms with Gasteiger partial charge in [0.1, 0.15) is 11.7 Å². The van der Waals surface area contributed by atoms with Gasteiger partial charge in [0, 0.05) is 18.3 Å². The van der Waals surface area contributed by atoms with Gasteiger partial charge in [0.15, 0.2) is 0 Å². The Morgan fingerprint density at radius 3 is 2.41 bits per heavy atom. The number of carbonyl (C=O) groups excluding carboxylic acids is 1. The number of halogens is 5. The number of nitrogens with one attached hydrogen (secondary N) is 1. The molecule has 3 aromatic rings. The topological polar surface area (TPSA) is 97.1 Å². The number of aliphatic hydroxyl groups excluding tert-OH is 1. The Kier molecular flexibility index (Phi) is 6.63. The third-order valence-corrected chi connectivity index (χ3v) is 4.32. The summed E-state index contributed by atoms with van der Waals surface area (Å²) < 4.78 is 64.3. The molecule has 0 unspecified atom stereocenters. The third kappa shape index (κ3) is 5.14. The number of rotatable bonds is 6. The van der Waals surface area contributed by atoms with Crippen LogP contribution in [0.2, 0.25) is 0 Å². The van der Waals surface area contributed by atoms with Crippen molar-refractivity contribution in [1.82, 2.24) is 20.1 Å². The first-order valence-electron chi connectivity index (χ1n) is 9.04. The summed E-state index contributed by atoms with van der Waals surface area (Å²) in [4.78, 5) is 29.1. The van der Waals surface area contributed by atoms with Gasteiger partial charge < -0.3 is 10.4 Å². The molecule has 2 aromatic heterocycles. The van der Waals surface area contributed by atoms with Crippen LogP contribution in [0.1, 0.15) is 15.9 Å². The molecule has 0 spiro atoms. The SMILES string of the molecule is O=C(NC[C@@H](O)C(F)F)c1cc(-c2ccc(C(F)(F)F)cc2)nn(-c2cccnc2)c1=O. The lowest BCUT2D eigenvalue weighted by molar-refractivity contribution is -0.137. The second-order valence-electron chi connectivity index (χ2n) is 6.56. The smallest absolute Gasteiger partial charge is 0.385 e. The van der Waals surface area contributed by atoms with E-state index in [1.165, 1.54) is 24.5 Å². The molecule has 3 rings (SSSR count). The van der Waals surface area contributed by atoms with Crippen molar-refractivity contribution in [3.05, 3.63) is 76.3 Å². The summed E-state index contributed by atoms with van der Waals surface area (Å²) in [7, 11) is 0. The first-order valence-corrected chi connectivity index (χ1v) is 9.04. The monoisotopic (exact) mass is 454 g/mol. The molecule has 1 amide bonds. The standard InChI is InChI=1S/C20H15F5N4O3/c21-17(22)16(30)10-27-18(31)14-8-15(11-3-5-12(6-4-11)20(23,24)25)28-29(19(14)32)13-2-1-7-26-9-13/h1-9,16-17,30H,10H2,(H,27,31)/t16-/m1/s1. The van der Waals surface area contributed by atoms with Crippen LogP contribution < -0.4 is 10.9 Å². The lowest BCUT2D eigenvalue weighted by Crippen LogP contribution is -2.39. The van der Waals surface area contributed by atoms with Gasteiger partial charge in [0.25, 0.3) is 17.9 Å². The molecule has 0 fully saturated rings. The second-order valence-corrected chi connectivity index (χ2v) is 6.56. The van der Waals surface area contributed by atoms with E-state index in [0.29, 0.717) is 0 Å². The van der Waals surface area contributed by atoms with Crippen LogP contribution in [-0.4, -0.2) is 44.9 Å². The van der Waals surface area contributed by atoms with Gasteiger partial charge in [-0.05, 0) is 30.3 Å². The van der Waals surface area contributed by atoms with Crippen molar-refractivity contribution >= 4 is 5.91 Å². The molecule has 1 aromatic carbocycles. The summed E-state index contributed by atoms with van der Waals surface area (Å²) in [6.07, 6.45) is -7.11. The van der Waals surface area contributed by atoms with E-state index >= 15 is 0 Å². The molecule has 0 aliphatic heterocycles. The molecule has 0 radical (unpaired) electrons. The van der Waals surface area contributed by atoms with Gasteiger partial charge in [-0.1, -0.05) is 12.1 Å². The first-order chi connectivity index (χ1) is 15.1. The summed E-state index contributed by atoms with van der Waals surface area (Å²) in [5, 5.41) is 15.3. The van der Waals surface area contributed by atoms with Crippen LogP contribution in [0.15, 0.2) is 59.7 Å². The molecule has 0 aliphatic rings. The molecular formula is C20H15F5N4O3. The molecule has 2 N–H and O–H groups in total. The average molecular weight is 454 g/mol. The number of benzene rings is 1. The summed E-state index contributed by atoms with van der Waals surface area (Å²) >= 11 is 0. The zero-order chi connectivity index (χ0) is 23.5. The predicted molar refractivity (Wildman–Crippen MR) is 102 cm³/mol. The molecule has 0 saturated carbocycles. The molecule has 0 saturated heterocycles. The van der Waals surface area contributed by atoms with E-state index in [-0.39, 0.29) is 16.9 Å². The summed E-state index contributed by atoms with van der Waals surface area (Å²) in [5.41, 5.74) is -2.04. The number of amides is 1. The van der Waals surface area contributed by atoms with E-state index in [0.717, 1.165) is 35.0 Å². The number of hydrogen-bond acceptors (Lipinski definition) is 5. The Morgan fingerprint density at radius 1 is 1.16 bits per heavy atom. The average Bonchev–Trinajstić information content (AvgIpc) is 2.77. The maximum absolute atomic E-state index is 12.8. The summed E-state index contributed by atoms with van der Waals surface area (Å²) in [6, 6.07) is 7.84. The van der Waals surface area contributed by atoms with Crippen molar-refractivity contribution in [2.24, 2.45) is 0 Å². The quantitative estimate of drug-likeness (QED) is 0.559.